The second-order valence-corrected chi connectivity index (χ2v) is 5.64. The van der Waals surface area contributed by atoms with E-state index in [1.807, 2.05) is 6.07 Å². The Labute approximate surface area is 118 Å². The zero-order valence-electron chi connectivity index (χ0n) is 11.7. The Balaban J connectivity index is 2.05. The summed E-state index contributed by atoms with van der Waals surface area (Å²) in [6, 6.07) is 10.4. The first kappa shape index (κ1) is 13.3. The van der Waals surface area contributed by atoms with Crippen LogP contribution in [0.2, 0.25) is 0 Å². The zero-order valence-corrected chi connectivity index (χ0v) is 11.7. The largest absolute Gasteiger partial charge is 0.384 e. The summed E-state index contributed by atoms with van der Waals surface area (Å²) in [5.74, 6) is 1.03. The fraction of sp³-hybridized carbons (Fsp3) is 0.500. The van der Waals surface area contributed by atoms with Gasteiger partial charge < -0.3 is 9.63 Å². The molecule has 4 nitrogen and oxygen atoms in total. The van der Waals surface area contributed by atoms with Gasteiger partial charge in [0.15, 0.2) is 5.82 Å². The van der Waals surface area contributed by atoms with Crippen molar-refractivity contribution in [1.82, 2.24) is 10.1 Å². The van der Waals surface area contributed by atoms with Crippen molar-refractivity contribution in [2.24, 2.45) is 0 Å². The summed E-state index contributed by atoms with van der Waals surface area (Å²) >= 11 is 0. The predicted molar refractivity (Wildman–Crippen MR) is 75.2 cm³/mol. The van der Waals surface area contributed by atoms with Gasteiger partial charge in [-0.25, -0.2) is 0 Å². The van der Waals surface area contributed by atoms with Crippen LogP contribution in [0, 0.1) is 0 Å². The van der Waals surface area contributed by atoms with Crippen LogP contribution in [-0.2, 0) is 5.41 Å². The van der Waals surface area contributed by atoms with Gasteiger partial charge in [0.2, 0.25) is 0 Å². The molecule has 1 N–H and O–H groups in total. The molecule has 0 bridgehead atoms. The van der Waals surface area contributed by atoms with Crippen molar-refractivity contribution >= 4 is 0 Å². The molecule has 1 aliphatic rings. The van der Waals surface area contributed by atoms with Crippen LogP contribution >= 0.6 is 0 Å². The van der Waals surface area contributed by atoms with Crippen molar-refractivity contribution in [3.05, 3.63) is 47.6 Å². The molecule has 0 radical (unpaired) electrons. The summed E-state index contributed by atoms with van der Waals surface area (Å²) in [7, 11) is 0. The summed E-state index contributed by atoms with van der Waals surface area (Å²) < 4.78 is 5.21. The number of nitrogens with zero attached hydrogens (tertiary/aromatic N) is 2. The van der Waals surface area contributed by atoms with E-state index in [-0.39, 0.29) is 5.41 Å². The minimum atomic E-state index is -0.715. The third-order valence-corrected chi connectivity index (χ3v) is 4.26. The first-order valence-electron chi connectivity index (χ1n) is 7.30. The third kappa shape index (κ3) is 2.24. The molecule has 1 fully saturated rings. The molecule has 1 heterocycles. The molecule has 1 saturated carbocycles. The van der Waals surface area contributed by atoms with E-state index in [0.717, 1.165) is 18.7 Å². The van der Waals surface area contributed by atoms with Gasteiger partial charge in [-0.05, 0) is 25.3 Å². The fourth-order valence-corrected chi connectivity index (χ4v) is 3.15. The Morgan fingerprint density at radius 1 is 1.15 bits per heavy atom. The first-order chi connectivity index (χ1) is 9.72. The monoisotopic (exact) mass is 272 g/mol. The normalized spacial score (nSPS) is 19.7. The van der Waals surface area contributed by atoms with Crippen LogP contribution in [0.25, 0.3) is 0 Å². The van der Waals surface area contributed by atoms with Gasteiger partial charge in [-0.1, -0.05) is 54.8 Å². The van der Waals surface area contributed by atoms with Crippen LogP contribution in [0.4, 0.5) is 0 Å². The molecule has 0 spiro atoms. The van der Waals surface area contributed by atoms with Gasteiger partial charge in [0, 0.05) is 0 Å². The summed E-state index contributed by atoms with van der Waals surface area (Å²) in [6.45, 7) is 1.65. The van der Waals surface area contributed by atoms with Gasteiger partial charge in [-0.2, -0.15) is 4.98 Å². The molecular formula is C16H20N2O2. The minimum absolute atomic E-state index is 0.157. The van der Waals surface area contributed by atoms with Gasteiger partial charge >= 0.3 is 0 Å². The molecule has 4 heteroatoms. The minimum Gasteiger partial charge on any atom is -0.384 e. The van der Waals surface area contributed by atoms with Gasteiger partial charge in [0.1, 0.15) is 6.10 Å². The number of hydrogen-bond donors (Lipinski definition) is 1. The highest BCUT2D eigenvalue weighted by atomic mass is 16.5. The maximum absolute atomic E-state index is 9.59. The van der Waals surface area contributed by atoms with Crippen molar-refractivity contribution < 1.29 is 9.63 Å². The molecule has 1 aromatic carbocycles. The van der Waals surface area contributed by atoms with Crippen molar-refractivity contribution in [2.45, 2.75) is 50.5 Å². The standard InChI is InChI=1S/C16H20N2O2/c1-12(19)14-17-15(18-20-14)16(10-6-3-7-11-16)13-8-4-2-5-9-13/h2,4-5,8-9,12,19H,3,6-7,10-11H2,1H3/t12-/m0/s1. The molecule has 0 aliphatic heterocycles. The lowest BCUT2D eigenvalue weighted by Crippen LogP contribution is -2.31. The van der Waals surface area contributed by atoms with E-state index in [4.69, 9.17) is 4.52 Å². The Kier molecular flexibility index (Phi) is 3.57. The molecule has 1 aliphatic carbocycles. The fourth-order valence-electron chi connectivity index (χ4n) is 3.15. The van der Waals surface area contributed by atoms with E-state index in [2.05, 4.69) is 34.4 Å². The number of aliphatic hydroxyl groups excluding tert-OH is 1. The van der Waals surface area contributed by atoms with Crippen molar-refractivity contribution in [1.29, 1.82) is 0 Å². The maximum Gasteiger partial charge on any atom is 0.255 e. The SMILES string of the molecule is C[C@H](O)c1nc(C2(c3ccccc3)CCCCC2)no1. The predicted octanol–water partition coefficient (Wildman–Crippen LogP) is 3.37. The van der Waals surface area contributed by atoms with Gasteiger partial charge in [-0.3, -0.25) is 0 Å². The Bertz CT molecular complexity index is 557. The van der Waals surface area contributed by atoms with Crippen LogP contribution in [-0.4, -0.2) is 15.2 Å². The molecule has 3 rings (SSSR count). The smallest absolute Gasteiger partial charge is 0.255 e. The van der Waals surface area contributed by atoms with E-state index in [0.29, 0.717) is 5.89 Å². The quantitative estimate of drug-likeness (QED) is 0.930. The second-order valence-electron chi connectivity index (χ2n) is 5.64. The van der Waals surface area contributed by atoms with Crippen LogP contribution < -0.4 is 0 Å². The Morgan fingerprint density at radius 2 is 1.85 bits per heavy atom. The van der Waals surface area contributed by atoms with Crippen molar-refractivity contribution in [3.8, 4) is 0 Å². The number of hydrogen-bond acceptors (Lipinski definition) is 4. The van der Waals surface area contributed by atoms with Gasteiger partial charge in [0.05, 0.1) is 5.41 Å². The Hall–Kier alpha value is -1.68. The molecule has 106 valence electrons. The summed E-state index contributed by atoms with van der Waals surface area (Å²) in [6.07, 6.45) is 4.97. The highest BCUT2D eigenvalue weighted by Crippen LogP contribution is 2.43. The van der Waals surface area contributed by atoms with Crippen LogP contribution in [0.1, 0.15) is 62.4 Å². The lowest BCUT2D eigenvalue weighted by atomic mass is 9.69. The van der Waals surface area contributed by atoms with Crippen LogP contribution in [0.5, 0.6) is 0 Å². The maximum atomic E-state index is 9.59. The zero-order chi connectivity index (χ0) is 14.0. The van der Waals surface area contributed by atoms with E-state index < -0.39 is 6.10 Å². The topological polar surface area (TPSA) is 59.2 Å². The lowest BCUT2D eigenvalue weighted by Gasteiger charge is -2.34. The van der Waals surface area contributed by atoms with E-state index in [9.17, 15) is 5.11 Å². The Morgan fingerprint density at radius 3 is 2.45 bits per heavy atom. The average molecular weight is 272 g/mol. The molecule has 0 saturated heterocycles. The third-order valence-electron chi connectivity index (χ3n) is 4.26. The number of rotatable bonds is 3. The van der Waals surface area contributed by atoms with Crippen molar-refractivity contribution in [3.63, 3.8) is 0 Å². The van der Waals surface area contributed by atoms with Gasteiger partial charge in [0.25, 0.3) is 5.89 Å². The van der Waals surface area contributed by atoms with E-state index in [1.54, 1.807) is 6.92 Å². The molecule has 1 atom stereocenters. The van der Waals surface area contributed by atoms with E-state index in [1.165, 1.54) is 24.8 Å². The van der Waals surface area contributed by atoms with Gasteiger partial charge in [-0.15, -0.1) is 0 Å². The van der Waals surface area contributed by atoms with Crippen LogP contribution in [0.3, 0.4) is 0 Å². The highest BCUT2D eigenvalue weighted by molar-refractivity contribution is 5.33. The summed E-state index contributed by atoms with van der Waals surface area (Å²) in [4.78, 5) is 4.45. The van der Waals surface area contributed by atoms with Crippen molar-refractivity contribution in [2.75, 3.05) is 0 Å². The second kappa shape index (κ2) is 5.37. The molecule has 1 aromatic heterocycles. The molecule has 2 aromatic rings. The average Bonchev–Trinajstić information content (AvgIpc) is 2.99. The highest BCUT2D eigenvalue weighted by Gasteiger charge is 2.40. The molecule has 0 amide bonds. The molecule has 0 unspecified atom stereocenters. The number of aliphatic hydroxyl groups is 1. The summed E-state index contributed by atoms with van der Waals surface area (Å²) in [5, 5.41) is 13.8. The van der Waals surface area contributed by atoms with Crippen LogP contribution in [0.15, 0.2) is 34.9 Å². The number of aromatic nitrogens is 2. The molecule has 20 heavy (non-hydrogen) atoms. The lowest BCUT2D eigenvalue weighted by molar-refractivity contribution is 0.151. The molecular weight excluding hydrogens is 252 g/mol. The number of benzene rings is 1. The first-order valence-corrected chi connectivity index (χ1v) is 7.30. The van der Waals surface area contributed by atoms with E-state index >= 15 is 0 Å². The summed E-state index contributed by atoms with van der Waals surface area (Å²) in [5.41, 5.74) is 1.09.